The molecule has 6 aromatic carbocycles. The Bertz CT molecular complexity index is 2970. The number of aromatic hydroxyl groups is 2. The highest BCUT2D eigenvalue weighted by molar-refractivity contribution is 5.92. The van der Waals surface area contributed by atoms with E-state index in [4.69, 9.17) is 23.1 Å². The molecular formula is C48H30N6O6. The predicted octanol–water partition coefficient (Wildman–Crippen LogP) is 7.78. The minimum Gasteiger partial charge on any atom is -0.507 e. The summed E-state index contributed by atoms with van der Waals surface area (Å²) in [7, 11) is 0. The Hall–Kier alpha value is -8.74. The van der Waals surface area contributed by atoms with Crippen LogP contribution in [-0.2, 0) is 12.8 Å². The topological polar surface area (TPSA) is 176 Å². The number of terminal acetylenes is 2. The van der Waals surface area contributed by atoms with Gasteiger partial charge in [0.15, 0.2) is 0 Å². The molecule has 0 atom stereocenters. The number of aromatic carboxylic acids is 2. The Kier molecular flexibility index (Phi) is 9.00. The average Bonchev–Trinajstić information content (AvgIpc) is 4.08. The second-order valence-electron chi connectivity index (χ2n) is 14.2. The number of rotatable bonds is 6. The van der Waals surface area contributed by atoms with Crippen LogP contribution < -0.4 is 0 Å². The van der Waals surface area contributed by atoms with Gasteiger partial charge >= 0.3 is 11.9 Å². The molecule has 60 heavy (non-hydrogen) atoms. The van der Waals surface area contributed by atoms with Gasteiger partial charge in [0.25, 0.3) is 0 Å². The van der Waals surface area contributed by atoms with E-state index in [1.54, 1.807) is 24.5 Å². The number of aromatic nitrogens is 6. The van der Waals surface area contributed by atoms with Gasteiger partial charge < -0.3 is 20.4 Å². The van der Waals surface area contributed by atoms with Crippen molar-refractivity contribution in [2.45, 2.75) is 12.8 Å². The Morgan fingerprint density at radius 1 is 0.517 bits per heavy atom. The third kappa shape index (κ3) is 6.66. The number of hydrogen-bond acceptors (Lipinski definition) is 8. The van der Waals surface area contributed by atoms with Crippen molar-refractivity contribution in [3.05, 3.63) is 166 Å². The first kappa shape index (κ1) is 36.9. The number of hydrogen-bond donors (Lipinski definition) is 4. The van der Waals surface area contributed by atoms with Crippen molar-refractivity contribution >= 4 is 11.9 Å². The molecule has 0 unspecified atom stereocenters. The highest BCUT2D eigenvalue weighted by Gasteiger charge is 2.22. The molecule has 0 fully saturated rings. The van der Waals surface area contributed by atoms with E-state index in [0.717, 1.165) is 57.3 Å². The fourth-order valence-corrected chi connectivity index (χ4v) is 7.57. The van der Waals surface area contributed by atoms with Crippen molar-refractivity contribution in [1.29, 1.82) is 0 Å². The molecule has 2 aromatic heterocycles. The zero-order chi connectivity index (χ0) is 41.7. The van der Waals surface area contributed by atoms with Crippen LogP contribution in [0.15, 0.2) is 122 Å². The minimum atomic E-state index is -1.22. The fraction of sp³-hybridized carbons (Fsp3) is 0.0417. The van der Waals surface area contributed by atoms with Crippen molar-refractivity contribution in [3.8, 4) is 92.3 Å². The second-order valence-corrected chi connectivity index (χ2v) is 14.2. The molecule has 10 rings (SSSR count). The summed E-state index contributed by atoms with van der Waals surface area (Å²) >= 11 is 0. The van der Waals surface area contributed by atoms with Crippen LogP contribution in [-0.4, -0.2) is 62.4 Å². The summed E-state index contributed by atoms with van der Waals surface area (Å²) in [6.07, 6.45) is 16.0. The van der Waals surface area contributed by atoms with Crippen LogP contribution in [0.4, 0.5) is 0 Å². The van der Waals surface area contributed by atoms with Crippen molar-refractivity contribution in [2.75, 3.05) is 0 Å². The van der Waals surface area contributed by atoms with Crippen LogP contribution in [0.1, 0.15) is 54.1 Å². The standard InChI is InChI=1S/C31H20N6O6.C17H10/c38-28-12-20(5-7-22(28)30(40)41)36-14-26(32-34-36)18-3-1-16-9-17-2-4-19(11-25(17)24(16)10-18)27-15-37(35-33-27)21-6-8-23(31(42)43)29(39)13-21;1-3-12-5-7-14-11-15-8-6-13(4-2)10-17(15)16(14)9-12/h1-8,10-15,38-39H,9H2,(H,40,41)(H,42,43);1-2,5-10H,11H2. The molecule has 12 nitrogen and oxygen atoms in total. The van der Waals surface area contributed by atoms with Crippen LogP contribution in [0.5, 0.6) is 11.5 Å². The number of carboxylic acids is 2. The van der Waals surface area contributed by atoms with E-state index in [2.05, 4.69) is 68.9 Å². The highest BCUT2D eigenvalue weighted by Crippen LogP contribution is 2.41. The van der Waals surface area contributed by atoms with E-state index < -0.39 is 11.9 Å². The van der Waals surface area contributed by atoms with E-state index in [9.17, 15) is 19.8 Å². The normalized spacial score (nSPS) is 11.6. The highest BCUT2D eigenvalue weighted by atomic mass is 16.4. The van der Waals surface area contributed by atoms with Crippen LogP contribution in [0.2, 0.25) is 0 Å². The maximum absolute atomic E-state index is 11.2. The average molecular weight is 787 g/mol. The van der Waals surface area contributed by atoms with Crippen LogP contribution in [0.25, 0.3) is 56.1 Å². The molecule has 0 radical (unpaired) electrons. The Morgan fingerprint density at radius 3 is 1.27 bits per heavy atom. The van der Waals surface area contributed by atoms with Crippen molar-refractivity contribution in [1.82, 2.24) is 30.0 Å². The Morgan fingerprint density at radius 2 is 0.900 bits per heavy atom. The molecule has 0 bridgehead atoms. The first-order chi connectivity index (χ1) is 29.1. The zero-order valence-electron chi connectivity index (χ0n) is 31.4. The van der Waals surface area contributed by atoms with Gasteiger partial charge in [-0.3, -0.25) is 0 Å². The summed E-state index contributed by atoms with van der Waals surface area (Å²) in [6.45, 7) is 0. The number of carbonyl (C=O) groups is 2. The smallest absolute Gasteiger partial charge is 0.339 e. The second kappa shape index (κ2) is 14.6. The van der Waals surface area contributed by atoms with Gasteiger partial charge in [-0.1, -0.05) is 58.7 Å². The van der Waals surface area contributed by atoms with Crippen LogP contribution in [0.3, 0.4) is 0 Å². The SMILES string of the molecule is C#Cc1ccc2c(c1)-c1cc(C#C)ccc1C2.O=C(O)c1ccc(-n2cc(-c3ccc4c(c3)-c3cc(-c5cn(-c6ccc(C(=O)O)c(O)c6)nn5)ccc3C4)nn2)cc1O. The van der Waals surface area contributed by atoms with Gasteiger partial charge in [-0.25, -0.2) is 19.0 Å². The quantitative estimate of drug-likeness (QED) is 0.122. The van der Waals surface area contributed by atoms with Gasteiger partial charge in [-0.15, -0.1) is 23.0 Å². The molecule has 2 aliphatic rings. The monoisotopic (exact) mass is 786 g/mol. The van der Waals surface area contributed by atoms with Crippen LogP contribution in [0, 0.1) is 24.7 Å². The molecule has 0 saturated carbocycles. The summed E-state index contributed by atoms with van der Waals surface area (Å²) in [5.41, 5.74) is 14.8. The third-order valence-electron chi connectivity index (χ3n) is 10.6. The third-order valence-corrected chi connectivity index (χ3v) is 10.6. The van der Waals surface area contributed by atoms with Crippen LogP contribution >= 0.6 is 0 Å². The summed E-state index contributed by atoms with van der Waals surface area (Å²) < 4.78 is 2.94. The van der Waals surface area contributed by atoms with Gasteiger partial charge in [-0.05, 0) is 118 Å². The molecule has 2 aliphatic carbocycles. The van der Waals surface area contributed by atoms with Crippen molar-refractivity contribution in [3.63, 3.8) is 0 Å². The van der Waals surface area contributed by atoms with Gasteiger partial charge in [0.2, 0.25) is 0 Å². The summed E-state index contributed by atoms with van der Waals surface area (Å²) in [4.78, 5) is 22.4. The zero-order valence-corrected chi connectivity index (χ0v) is 31.4. The number of fused-ring (bicyclic) bond motifs is 6. The van der Waals surface area contributed by atoms with Crippen molar-refractivity contribution < 1.29 is 30.0 Å². The maximum Gasteiger partial charge on any atom is 0.339 e. The van der Waals surface area contributed by atoms with Crippen molar-refractivity contribution in [2.24, 2.45) is 0 Å². The molecule has 0 saturated heterocycles. The fourth-order valence-electron chi connectivity index (χ4n) is 7.57. The maximum atomic E-state index is 11.2. The molecule has 4 N–H and O–H groups in total. The Labute approximate surface area is 342 Å². The van der Waals surface area contributed by atoms with E-state index in [-0.39, 0.29) is 22.6 Å². The molecule has 2 heterocycles. The molecule has 0 spiro atoms. The first-order valence-corrected chi connectivity index (χ1v) is 18.5. The van der Waals surface area contributed by atoms with E-state index in [1.807, 2.05) is 36.4 Å². The Balaban J connectivity index is 0.000000226. The molecule has 8 aromatic rings. The van der Waals surface area contributed by atoms with Gasteiger partial charge in [-0.2, -0.15) is 0 Å². The minimum absolute atomic E-state index is 0.197. The van der Waals surface area contributed by atoms with Gasteiger partial charge in [0, 0.05) is 34.4 Å². The lowest BCUT2D eigenvalue weighted by atomic mass is 9.99. The lowest BCUT2D eigenvalue weighted by Gasteiger charge is -2.06. The number of nitrogens with zero attached hydrogens (tertiary/aromatic N) is 6. The lowest BCUT2D eigenvalue weighted by molar-refractivity contribution is 0.0682. The lowest BCUT2D eigenvalue weighted by Crippen LogP contribution is -1.99. The molecule has 0 aliphatic heterocycles. The largest absolute Gasteiger partial charge is 0.507 e. The molecule has 288 valence electrons. The molecular weight excluding hydrogens is 757 g/mol. The van der Waals surface area contributed by atoms with Gasteiger partial charge in [0.1, 0.15) is 34.0 Å². The van der Waals surface area contributed by atoms with Gasteiger partial charge in [0.05, 0.1) is 23.8 Å². The summed E-state index contributed by atoms with van der Waals surface area (Å²) in [5.74, 6) is 2.19. The number of benzene rings is 6. The summed E-state index contributed by atoms with van der Waals surface area (Å²) in [6, 6.07) is 32.9. The predicted molar refractivity (Wildman–Crippen MR) is 223 cm³/mol. The van der Waals surface area contributed by atoms with E-state index >= 15 is 0 Å². The van der Waals surface area contributed by atoms with E-state index in [0.29, 0.717) is 22.8 Å². The first-order valence-electron chi connectivity index (χ1n) is 18.5. The molecule has 0 amide bonds. The molecule has 12 heteroatoms. The number of carboxylic acid groups (broad SMARTS) is 2. The summed E-state index contributed by atoms with van der Waals surface area (Å²) in [5, 5.41) is 55.4. The number of phenols is 2. The van der Waals surface area contributed by atoms with E-state index in [1.165, 1.54) is 55.9 Å².